The fraction of sp³-hybridized carbons (Fsp3) is 0.833. The number of carbonyl (C=O) groups is 1. The Kier molecular flexibility index (Phi) is 4.20. The molecule has 4 atom stereocenters. The van der Waals surface area contributed by atoms with Crippen molar-refractivity contribution in [2.24, 2.45) is 5.73 Å². The van der Waals surface area contributed by atoms with Crippen molar-refractivity contribution in [3.63, 3.8) is 0 Å². The molecule has 0 saturated heterocycles. The molecule has 0 saturated carbocycles. The molecule has 0 rings (SSSR count). The molecule has 0 unspecified atom stereocenters. The van der Waals surface area contributed by atoms with Gasteiger partial charge in [0.25, 0.3) is 0 Å². The molecule has 5 nitrogen and oxygen atoms in total. The Morgan fingerprint density at radius 1 is 1.36 bits per heavy atom. The second-order valence-electron chi connectivity index (χ2n) is 2.44. The first-order valence-corrected chi connectivity index (χ1v) is 3.25. The van der Waals surface area contributed by atoms with Gasteiger partial charge in [-0.2, -0.15) is 0 Å². The van der Waals surface area contributed by atoms with Crippen molar-refractivity contribution in [3.05, 3.63) is 0 Å². The predicted octanol–water partition coefficient (Wildman–Crippen LogP) is -2.38. The lowest BCUT2D eigenvalue weighted by atomic mass is 10.0. The summed E-state index contributed by atoms with van der Waals surface area (Å²) in [6.07, 6.45) is -3.55. The standard InChI is InChI=1S/C6H13NO4/c1-3(9)6(11)5(7)4(10)2-8/h2-6,9-11H,7H2,1H3/t3-,4+,5-,6-/m1/s1. The Labute approximate surface area is 64.4 Å². The van der Waals surface area contributed by atoms with E-state index >= 15 is 0 Å². The molecule has 0 fully saturated rings. The molecular weight excluding hydrogens is 150 g/mol. The third-order valence-corrected chi connectivity index (χ3v) is 1.42. The van der Waals surface area contributed by atoms with Crippen molar-refractivity contribution in [1.29, 1.82) is 0 Å². The van der Waals surface area contributed by atoms with Gasteiger partial charge in [0, 0.05) is 0 Å². The molecule has 0 amide bonds. The van der Waals surface area contributed by atoms with Gasteiger partial charge in [-0.15, -0.1) is 0 Å². The fourth-order valence-electron chi connectivity index (χ4n) is 0.614. The van der Waals surface area contributed by atoms with Crippen LogP contribution >= 0.6 is 0 Å². The zero-order valence-corrected chi connectivity index (χ0v) is 6.21. The van der Waals surface area contributed by atoms with E-state index in [0.29, 0.717) is 0 Å². The SMILES string of the molecule is C[C@@H](O)[C@@H](O)[C@H](N)[C@@H](O)C=O. The molecule has 66 valence electrons. The monoisotopic (exact) mass is 163 g/mol. The molecule has 0 aromatic rings. The molecule has 0 aromatic heterocycles. The number of hydrogen-bond acceptors (Lipinski definition) is 5. The maximum Gasteiger partial charge on any atom is 0.150 e. The van der Waals surface area contributed by atoms with Crippen LogP contribution in [0.15, 0.2) is 0 Å². The third kappa shape index (κ3) is 2.94. The lowest BCUT2D eigenvalue weighted by Gasteiger charge is -2.22. The molecule has 0 heterocycles. The molecule has 5 heteroatoms. The van der Waals surface area contributed by atoms with Crippen molar-refractivity contribution in [1.82, 2.24) is 0 Å². The second-order valence-corrected chi connectivity index (χ2v) is 2.44. The Morgan fingerprint density at radius 2 is 1.82 bits per heavy atom. The first kappa shape index (κ1) is 10.5. The van der Waals surface area contributed by atoms with Crippen LogP contribution in [-0.2, 0) is 4.79 Å². The summed E-state index contributed by atoms with van der Waals surface area (Å²) in [4.78, 5) is 9.95. The van der Waals surface area contributed by atoms with Crippen molar-refractivity contribution in [3.8, 4) is 0 Å². The van der Waals surface area contributed by atoms with Crippen LogP contribution in [0.1, 0.15) is 6.92 Å². The van der Waals surface area contributed by atoms with Crippen molar-refractivity contribution >= 4 is 6.29 Å². The average molecular weight is 163 g/mol. The topological polar surface area (TPSA) is 104 Å². The van der Waals surface area contributed by atoms with E-state index < -0.39 is 24.4 Å². The lowest BCUT2D eigenvalue weighted by molar-refractivity contribution is -0.118. The molecule has 0 radical (unpaired) electrons. The molecule has 0 aromatic carbocycles. The smallest absolute Gasteiger partial charge is 0.150 e. The van der Waals surface area contributed by atoms with Gasteiger partial charge in [-0.25, -0.2) is 0 Å². The number of aldehydes is 1. The maximum absolute atomic E-state index is 9.95. The van der Waals surface area contributed by atoms with Crippen LogP contribution in [-0.4, -0.2) is 46.0 Å². The van der Waals surface area contributed by atoms with E-state index in [9.17, 15) is 4.79 Å². The van der Waals surface area contributed by atoms with E-state index in [-0.39, 0.29) is 6.29 Å². The Bertz CT molecular complexity index is 128. The van der Waals surface area contributed by atoms with E-state index in [4.69, 9.17) is 21.1 Å². The lowest BCUT2D eigenvalue weighted by Crippen LogP contribution is -2.50. The van der Waals surface area contributed by atoms with Gasteiger partial charge in [-0.1, -0.05) is 0 Å². The summed E-state index contributed by atoms with van der Waals surface area (Å²) < 4.78 is 0. The third-order valence-electron chi connectivity index (χ3n) is 1.42. The van der Waals surface area contributed by atoms with Crippen molar-refractivity contribution in [2.45, 2.75) is 31.3 Å². The minimum Gasteiger partial charge on any atom is -0.391 e. The summed E-state index contributed by atoms with van der Waals surface area (Å²) >= 11 is 0. The largest absolute Gasteiger partial charge is 0.391 e. The Morgan fingerprint density at radius 3 is 2.09 bits per heavy atom. The normalized spacial score (nSPS) is 21.9. The summed E-state index contributed by atoms with van der Waals surface area (Å²) in [6.45, 7) is 1.32. The van der Waals surface area contributed by atoms with Gasteiger partial charge in [0.05, 0.1) is 18.2 Å². The molecule has 0 spiro atoms. The van der Waals surface area contributed by atoms with Crippen molar-refractivity contribution in [2.75, 3.05) is 0 Å². The minimum atomic E-state index is -1.43. The highest BCUT2D eigenvalue weighted by Gasteiger charge is 2.25. The van der Waals surface area contributed by atoms with Gasteiger partial charge in [0.15, 0.2) is 0 Å². The minimum absolute atomic E-state index is 0.219. The quantitative estimate of drug-likeness (QED) is 0.346. The van der Waals surface area contributed by atoms with Crippen LogP contribution in [0.4, 0.5) is 0 Å². The summed E-state index contributed by atoms with van der Waals surface area (Å²) in [7, 11) is 0. The van der Waals surface area contributed by atoms with Crippen LogP contribution in [0, 0.1) is 0 Å². The number of aliphatic hydroxyl groups excluding tert-OH is 3. The summed E-state index contributed by atoms with van der Waals surface area (Å²) in [5, 5.41) is 26.6. The highest BCUT2D eigenvalue weighted by atomic mass is 16.3. The molecular formula is C6H13NO4. The van der Waals surface area contributed by atoms with Gasteiger partial charge in [0.1, 0.15) is 12.4 Å². The summed E-state index contributed by atoms with van der Waals surface area (Å²) in [5.41, 5.74) is 5.18. The van der Waals surface area contributed by atoms with E-state index in [0.717, 1.165) is 0 Å². The number of carbonyl (C=O) groups excluding carboxylic acids is 1. The van der Waals surface area contributed by atoms with E-state index in [1.807, 2.05) is 0 Å². The van der Waals surface area contributed by atoms with Crippen LogP contribution < -0.4 is 5.73 Å². The number of hydrogen-bond donors (Lipinski definition) is 4. The van der Waals surface area contributed by atoms with Gasteiger partial charge < -0.3 is 25.8 Å². The van der Waals surface area contributed by atoms with Gasteiger partial charge in [-0.3, -0.25) is 0 Å². The highest BCUT2D eigenvalue weighted by Crippen LogP contribution is 2.00. The average Bonchev–Trinajstić information content (AvgIpc) is 2.00. The summed E-state index contributed by atoms with van der Waals surface area (Å²) in [5.74, 6) is 0. The number of nitrogens with two attached hydrogens (primary N) is 1. The van der Waals surface area contributed by atoms with Crippen LogP contribution in [0.25, 0.3) is 0 Å². The first-order chi connectivity index (χ1) is 5.00. The molecule has 0 bridgehead atoms. The van der Waals surface area contributed by atoms with Crippen LogP contribution in [0.2, 0.25) is 0 Å². The van der Waals surface area contributed by atoms with E-state index in [1.54, 1.807) is 0 Å². The van der Waals surface area contributed by atoms with Gasteiger partial charge >= 0.3 is 0 Å². The molecule has 0 aliphatic heterocycles. The first-order valence-electron chi connectivity index (χ1n) is 3.25. The van der Waals surface area contributed by atoms with E-state index in [2.05, 4.69) is 0 Å². The maximum atomic E-state index is 9.95. The number of rotatable bonds is 4. The fourth-order valence-corrected chi connectivity index (χ4v) is 0.614. The zero-order chi connectivity index (χ0) is 9.02. The summed E-state index contributed by atoms with van der Waals surface area (Å²) in [6, 6.07) is -1.13. The second kappa shape index (κ2) is 4.40. The van der Waals surface area contributed by atoms with Crippen LogP contribution in [0.3, 0.4) is 0 Å². The van der Waals surface area contributed by atoms with E-state index in [1.165, 1.54) is 6.92 Å². The highest BCUT2D eigenvalue weighted by molar-refractivity contribution is 5.57. The number of aliphatic hydroxyl groups is 3. The van der Waals surface area contributed by atoms with Crippen LogP contribution in [0.5, 0.6) is 0 Å². The van der Waals surface area contributed by atoms with Crippen molar-refractivity contribution < 1.29 is 20.1 Å². The molecule has 0 aliphatic rings. The van der Waals surface area contributed by atoms with Gasteiger partial charge in [0.2, 0.25) is 0 Å². The Hall–Kier alpha value is -0.490. The predicted molar refractivity (Wildman–Crippen MR) is 37.7 cm³/mol. The molecule has 0 aliphatic carbocycles. The zero-order valence-electron chi connectivity index (χ0n) is 6.21. The molecule has 11 heavy (non-hydrogen) atoms. The van der Waals surface area contributed by atoms with Gasteiger partial charge in [-0.05, 0) is 6.92 Å². The molecule has 5 N–H and O–H groups in total. The Balaban J connectivity index is 4.00.